The highest BCUT2D eigenvalue weighted by molar-refractivity contribution is 5.69. The number of aryl methyl sites for hydroxylation is 2. The molecule has 106 valence electrons. The minimum atomic E-state index is -0.766. The lowest BCUT2D eigenvalue weighted by Gasteiger charge is -2.30. The van der Waals surface area contributed by atoms with Crippen LogP contribution in [0.4, 0.5) is 0 Å². The topological polar surface area (TPSA) is 40.5 Å². The summed E-state index contributed by atoms with van der Waals surface area (Å²) in [4.78, 5) is 13.1. The molecule has 1 N–H and O–H groups in total. The standard InChI is InChI=1S/C16H25NO2/c1-11(2)9-17(10-16(18)19)14(5)15-7-6-12(3)8-13(15)4/h6-8,11,14H,9-10H2,1-5H3,(H,18,19). The van der Waals surface area contributed by atoms with E-state index in [1.165, 1.54) is 16.7 Å². The highest BCUT2D eigenvalue weighted by Crippen LogP contribution is 2.24. The molecule has 0 heterocycles. The molecule has 1 rings (SSSR count). The van der Waals surface area contributed by atoms with E-state index in [0.717, 1.165) is 6.54 Å². The van der Waals surface area contributed by atoms with E-state index < -0.39 is 5.97 Å². The fourth-order valence-electron chi connectivity index (χ4n) is 2.49. The van der Waals surface area contributed by atoms with Gasteiger partial charge in [-0.2, -0.15) is 0 Å². The van der Waals surface area contributed by atoms with Crippen molar-refractivity contribution in [1.82, 2.24) is 4.90 Å². The van der Waals surface area contributed by atoms with E-state index >= 15 is 0 Å². The van der Waals surface area contributed by atoms with Crippen LogP contribution in [-0.2, 0) is 4.79 Å². The van der Waals surface area contributed by atoms with Crippen LogP contribution in [0.3, 0.4) is 0 Å². The van der Waals surface area contributed by atoms with Gasteiger partial charge in [-0.25, -0.2) is 0 Å². The van der Waals surface area contributed by atoms with Crippen LogP contribution in [0.15, 0.2) is 18.2 Å². The molecule has 0 aliphatic rings. The molecule has 0 amide bonds. The lowest BCUT2D eigenvalue weighted by atomic mass is 9.98. The SMILES string of the molecule is Cc1ccc(C(C)N(CC(=O)O)CC(C)C)c(C)c1. The summed E-state index contributed by atoms with van der Waals surface area (Å²) < 4.78 is 0. The summed E-state index contributed by atoms with van der Waals surface area (Å²) in [6.07, 6.45) is 0. The van der Waals surface area contributed by atoms with Crippen LogP contribution >= 0.6 is 0 Å². The van der Waals surface area contributed by atoms with Crippen molar-refractivity contribution in [2.45, 2.75) is 40.7 Å². The minimum Gasteiger partial charge on any atom is -0.480 e. The van der Waals surface area contributed by atoms with E-state index in [-0.39, 0.29) is 12.6 Å². The van der Waals surface area contributed by atoms with Crippen molar-refractivity contribution in [3.05, 3.63) is 34.9 Å². The van der Waals surface area contributed by atoms with Crippen LogP contribution in [0.2, 0.25) is 0 Å². The number of aliphatic carboxylic acids is 1. The average molecular weight is 263 g/mol. The Hall–Kier alpha value is -1.35. The van der Waals surface area contributed by atoms with E-state index in [0.29, 0.717) is 5.92 Å². The average Bonchev–Trinajstić information content (AvgIpc) is 2.26. The predicted molar refractivity (Wildman–Crippen MR) is 78.4 cm³/mol. The molecule has 1 atom stereocenters. The Balaban J connectivity index is 2.96. The Kier molecular flexibility index (Phi) is 5.55. The van der Waals surface area contributed by atoms with Gasteiger partial charge in [0, 0.05) is 12.6 Å². The van der Waals surface area contributed by atoms with Crippen LogP contribution in [0.25, 0.3) is 0 Å². The zero-order chi connectivity index (χ0) is 14.6. The normalized spacial score (nSPS) is 13.0. The molecule has 0 aliphatic carbocycles. The number of carboxylic acids is 1. The summed E-state index contributed by atoms with van der Waals surface area (Å²) in [6, 6.07) is 6.48. The van der Waals surface area contributed by atoms with Crippen LogP contribution in [-0.4, -0.2) is 29.1 Å². The molecule has 1 aromatic rings. The highest BCUT2D eigenvalue weighted by Gasteiger charge is 2.20. The first kappa shape index (κ1) is 15.7. The van der Waals surface area contributed by atoms with Crippen molar-refractivity contribution in [2.75, 3.05) is 13.1 Å². The van der Waals surface area contributed by atoms with Crippen LogP contribution in [0.1, 0.15) is 43.5 Å². The van der Waals surface area contributed by atoms with Crippen molar-refractivity contribution in [1.29, 1.82) is 0 Å². The number of nitrogens with zero attached hydrogens (tertiary/aromatic N) is 1. The Labute approximate surface area is 116 Å². The van der Waals surface area contributed by atoms with E-state index in [9.17, 15) is 4.79 Å². The molecule has 1 unspecified atom stereocenters. The van der Waals surface area contributed by atoms with Gasteiger partial charge in [-0.05, 0) is 37.8 Å². The molecule has 0 aromatic heterocycles. The Bertz CT molecular complexity index is 440. The first-order valence-electron chi connectivity index (χ1n) is 6.84. The molecule has 0 radical (unpaired) electrons. The smallest absolute Gasteiger partial charge is 0.317 e. The molecule has 3 heteroatoms. The van der Waals surface area contributed by atoms with Crippen molar-refractivity contribution in [2.24, 2.45) is 5.92 Å². The number of carbonyl (C=O) groups is 1. The molecule has 0 saturated carbocycles. The monoisotopic (exact) mass is 263 g/mol. The molecule has 0 spiro atoms. The van der Waals surface area contributed by atoms with Gasteiger partial charge in [0.1, 0.15) is 0 Å². The first-order valence-corrected chi connectivity index (χ1v) is 6.84. The molecule has 3 nitrogen and oxygen atoms in total. The zero-order valence-corrected chi connectivity index (χ0v) is 12.6. The number of benzene rings is 1. The summed E-state index contributed by atoms with van der Waals surface area (Å²) in [5.74, 6) is -0.315. The summed E-state index contributed by atoms with van der Waals surface area (Å²) in [5.41, 5.74) is 3.68. The molecular weight excluding hydrogens is 238 g/mol. The second kappa shape index (κ2) is 6.71. The molecule has 0 aliphatic heterocycles. The zero-order valence-electron chi connectivity index (χ0n) is 12.6. The molecule has 1 aromatic carbocycles. The summed E-state index contributed by atoms with van der Waals surface area (Å²) in [5, 5.41) is 9.06. The Morgan fingerprint density at radius 2 is 1.89 bits per heavy atom. The van der Waals surface area contributed by atoms with E-state index in [2.05, 4.69) is 52.8 Å². The van der Waals surface area contributed by atoms with Crippen LogP contribution in [0, 0.1) is 19.8 Å². The highest BCUT2D eigenvalue weighted by atomic mass is 16.4. The van der Waals surface area contributed by atoms with Crippen molar-refractivity contribution in [3.8, 4) is 0 Å². The molecule has 19 heavy (non-hydrogen) atoms. The quantitative estimate of drug-likeness (QED) is 0.855. The maximum atomic E-state index is 11.0. The third-order valence-corrected chi connectivity index (χ3v) is 3.36. The fourth-order valence-corrected chi connectivity index (χ4v) is 2.49. The maximum Gasteiger partial charge on any atom is 0.317 e. The van der Waals surface area contributed by atoms with Gasteiger partial charge < -0.3 is 5.11 Å². The Morgan fingerprint density at radius 1 is 1.26 bits per heavy atom. The lowest BCUT2D eigenvalue weighted by molar-refractivity contribution is -0.139. The van der Waals surface area contributed by atoms with Gasteiger partial charge in [0.25, 0.3) is 0 Å². The van der Waals surface area contributed by atoms with E-state index in [1.807, 2.05) is 4.90 Å². The van der Waals surface area contributed by atoms with Crippen molar-refractivity contribution in [3.63, 3.8) is 0 Å². The van der Waals surface area contributed by atoms with Crippen LogP contribution in [0.5, 0.6) is 0 Å². The molecule has 0 bridgehead atoms. The van der Waals surface area contributed by atoms with Crippen LogP contribution < -0.4 is 0 Å². The van der Waals surface area contributed by atoms with E-state index in [4.69, 9.17) is 5.11 Å². The van der Waals surface area contributed by atoms with Gasteiger partial charge in [-0.3, -0.25) is 9.69 Å². The van der Waals surface area contributed by atoms with Gasteiger partial charge in [0.05, 0.1) is 6.54 Å². The minimum absolute atomic E-state index is 0.0899. The number of hydrogen-bond acceptors (Lipinski definition) is 2. The fraction of sp³-hybridized carbons (Fsp3) is 0.562. The van der Waals surface area contributed by atoms with Gasteiger partial charge >= 0.3 is 5.97 Å². The van der Waals surface area contributed by atoms with Gasteiger partial charge in [-0.15, -0.1) is 0 Å². The number of hydrogen-bond donors (Lipinski definition) is 1. The molecule has 0 saturated heterocycles. The van der Waals surface area contributed by atoms with Gasteiger partial charge in [0.15, 0.2) is 0 Å². The summed E-state index contributed by atoms with van der Waals surface area (Å²) in [6.45, 7) is 11.4. The maximum absolute atomic E-state index is 11.0. The van der Waals surface area contributed by atoms with Crippen molar-refractivity contribution < 1.29 is 9.90 Å². The third kappa shape index (κ3) is 4.67. The second-order valence-electron chi connectivity index (χ2n) is 5.75. The van der Waals surface area contributed by atoms with Crippen molar-refractivity contribution >= 4 is 5.97 Å². The third-order valence-electron chi connectivity index (χ3n) is 3.36. The largest absolute Gasteiger partial charge is 0.480 e. The Morgan fingerprint density at radius 3 is 2.37 bits per heavy atom. The predicted octanol–water partition coefficient (Wildman–Crippen LogP) is 3.41. The number of rotatable bonds is 6. The molecular formula is C16H25NO2. The summed E-state index contributed by atoms with van der Waals surface area (Å²) >= 11 is 0. The van der Waals surface area contributed by atoms with Gasteiger partial charge in [0.2, 0.25) is 0 Å². The lowest BCUT2D eigenvalue weighted by Crippen LogP contribution is -2.35. The number of carboxylic acid groups (broad SMARTS) is 1. The second-order valence-corrected chi connectivity index (χ2v) is 5.75. The summed E-state index contributed by atoms with van der Waals surface area (Å²) in [7, 11) is 0. The first-order chi connectivity index (χ1) is 8.81. The van der Waals surface area contributed by atoms with Gasteiger partial charge in [-0.1, -0.05) is 37.6 Å². The molecule has 0 fully saturated rings. The van der Waals surface area contributed by atoms with E-state index in [1.54, 1.807) is 0 Å².